The van der Waals surface area contributed by atoms with E-state index in [2.05, 4.69) is 38.1 Å². The van der Waals surface area contributed by atoms with Crippen LogP contribution in [-0.2, 0) is 0 Å². The maximum Gasteiger partial charge on any atom is 0.199 e. The normalized spacial score (nSPS) is 11.3. The molecule has 0 atom stereocenters. The van der Waals surface area contributed by atoms with E-state index in [0.29, 0.717) is 0 Å². The van der Waals surface area contributed by atoms with E-state index in [4.69, 9.17) is 10.5 Å². The quantitative estimate of drug-likeness (QED) is 0.434. The predicted molar refractivity (Wildman–Crippen MR) is 91.2 cm³/mol. The Kier molecular flexibility index (Phi) is 2.47. The lowest BCUT2D eigenvalue weighted by Crippen LogP contribution is -2.01. The lowest BCUT2D eigenvalue weighted by atomic mass is 10.0. The molecule has 6 nitrogen and oxygen atoms in total. The Morgan fingerprint density at radius 2 is 1.48 bits per heavy atom. The van der Waals surface area contributed by atoms with Crippen LogP contribution < -0.4 is 0 Å². The second-order valence-electron chi connectivity index (χ2n) is 5.87. The average Bonchev–Trinajstić information content (AvgIpc) is 2.97. The van der Waals surface area contributed by atoms with Crippen LogP contribution in [0.2, 0.25) is 0 Å². The van der Waals surface area contributed by atoms with Gasteiger partial charge in [0, 0.05) is 16.5 Å². The summed E-state index contributed by atoms with van der Waals surface area (Å²) in [5.41, 5.74) is 5.13. The molecule has 6 heteroatoms. The lowest BCUT2D eigenvalue weighted by molar-refractivity contribution is 1.12. The zero-order valence-electron chi connectivity index (χ0n) is 13.1. The van der Waals surface area contributed by atoms with Crippen molar-refractivity contribution in [2.75, 3.05) is 0 Å². The molecule has 0 fully saturated rings. The van der Waals surface area contributed by atoms with E-state index in [1.54, 1.807) is 0 Å². The van der Waals surface area contributed by atoms with Crippen LogP contribution in [0.15, 0.2) is 30.3 Å². The van der Waals surface area contributed by atoms with Crippen LogP contribution in [-0.4, -0.2) is 19.9 Å². The number of rotatable bonds is 0. The molecule has 2 aromatic heterocycles. The van der Waals surface area contributed by atoms with E-state index in [9.17, 15) is 0 Å². The van der Waals surface area contributed by atoms with Crippen LogP contribution in [0.4, 0.5) is 0 Å². The van der Waals surface area contributed by atoms with Gasteiger partial charge in [0.05, 0.1) is 5.69 Å². The van der Waals surface area contributed by atoms with Crippen molar-refractivity contribution in [1.82, 2.24) is 19.9 Å². The number of nitriles is 2. The van der Waals surface area contributed by atoms with Gasteiger partial charge in [-0.05, 0) is 17.9 Å². The molecule has 0 saturated carbocycles. The molecule has 0 bridgehead atoms. The molecule has 2 aromatic carbocycles. The number of hydrogen-bond acceptors (Lipinski definition) is 6. The van der Waals surface area contributed by atoms with Gasteiger partial charge in [0.25, 0.3) is 0 Å². The van der Waals surface area contributed by atoms with E-state index in [1.165, 1.54) is 0 Å². The molecule has 1 aliphatic carbocycles. The Hall–Kier alpha value is -3.90. The molecule has 25 heavy (non-hydrogen) atoms. The molecule has 5 rings (SSSR count). The van der Waals surface area contributed by atoms with Crippen LogP contribution in [0.3, 0.4) is 0 Å². The molecule has 114 valence electrons. The number of hydrogen-bond donors (Lipinski definition) is 0. The van der Waals surface area contributed by atoms with Gasteiger partial charge >= 0.3 is 0 Å². The van der Waals surface area contributed by atoms with Gasteiger partial charge in [-0.15, -0.1) is 0 Å². The Morgan fingerprint density at radius 1 is 0.800 bits per heavy atom. The number of fused-ring (bicyclic) bond motifs is 4. The SMILES string of the molecule is Cc1ccc2cccc3c2c1-c1nc2nc(C#N)c(C#N)nc2nc1-3. The van der Waals surface area contributed by atoms with Gasteiger partial charge < -0.3 is 0 Å². The van der Waals surface area contributed by atoms with E-state index >= 15 is 0 Å². The molecule has 4 aromatic rings. The summed E-state index contributed by atoms with van der Waals surface area (Å²) in [5, 5.41) is 20.6. The molecule has 0 unspecified atom stereocenters. The van der Waals surface area contributed by atoms with Crippen molar-refractivity contribution >= 4 is 22.1 Å². The molecule has 0 N–H and O–H groups in total. The first-order valence-electron chi connectivity index (χ1n) is 7.64. The first-order valence-corrected chi connectivity index (χ1v) is 7.64. The van der Waals surface area contributed by atoms with Crippen molar-refractivity contribution in [3.63, 3.8) is 0 Å². The number of benzene rings is 2. The molecule has 0 radical (unpaired) electrons. The summed E-state index contributed by atoms with van der Waals surface area (Å²) in [6.45, 7) is 2.04. The minimum Gasteiger partial charge on any atom is -0.223 e. The van der Waals surface area contributed by atoms with Crippen LogP contribution >= 0.6 is 0 Å². The topological polar surface area (TPSA) is 99.1 Å². The third-order valence-electron chi connectivity index (χ3n) is 4.48. The number of aryl methyl sites for hydroxylation is 1. The minimum absolute atomic E-state index is 0.0327. The minimum atomic E-state index is -0.0332. The number of nitrogens with zero attached hydrogens (tertiary/aromatic N) is 6. The molecule has 1 aliphatic rings. The highest BCUT2D eigenvalue weighted by Crippen LogP contribution is 2.46. The Bertz CT molecular complexity index is 1320. The standard InChI is InChI=1S/C19H8N6/c1-9-5-6-10-3-2-4-11-15(10)14(9)17-16(11)24-18-19(25-17)23-13(8-21)12(7-20)22-18/h2-6H,1H3. The van der Waals surface area contributed by atoms with Crippen molar-refractivity contribution in [1.29, 1.82) is 10.5 Å². The molecule has 0 saturated heterocycles. The summed E-state index contributed by atoms with van der Waals surface area (Å²) in [5.74, 6) is 0. The molecular formula is C19H8N6. The van der Waals surface area contributed by atoms with Crippen molar-refractivity contribution in [3.8, 4) is 34.7 Å². The second kappa shape index (κ2) is 4.56. The Morgan fingerprint density at radius 3 is 2.16 bits per heavy atom. The molecule has 0 spiro atoms. The van der Waals surface area contributed by atoms with Crippen molar-refractivity contribution in [2.24, 2.45) is 0 Å². The third kappa shape index (κ3) is 1.65. The van der Waals surface area contributed by atoms with Gasteiger partial charge in [0.2, 0.25) is 0 Å². The summed E-state index contributed by atoms with van der Waals surface area (Å²) in [4.78, 5) is 17.6. The van der Waals surface area contributed by atoms with Crippen LogP contribution in [0.1, 0.15) is 17.0 Å². The zero-order valence-corrected chi connectivity index (χ0v) is 13.1. The van der Waals surface area contributed by atoms with Crippen molar-refractivity contribution in [2.45, 2.75) is 6.92 Å². The first-order chi connectivity index (χ1) is 12.2. The van der Waals surface area contributed by atoms with Gasteiger partial charge in [-0.1, -0.05) is 30.3 Å². The molecule has 0 aliphatic heterocycles. The summed E-state index contributed by atoms with van der Waals surface area (Å²) in [6, 6.07) is 14.0. The van der Waals surface area contributed by atoms with Gasteiger partial charge in [0.15, 0.2) is 22.7 Å². The zero-order chi connectivity index (χ0) is 17.1. The van der Waals surface area contributed by atoms with Crippen molar-refractivity contribution < 1.29 is 0 Å². The monoisotopic (exact) mass is 320 g/mol. The van der Waals surface area contributed by atoms with E-state index in [0.717, 1.165) is 38.9 Å². The van der Waals surface area contributed by atoms with Gasteiger partial charge in [0.1, 0.15) is 17.8 Å². The van der Waals surface area contributed by atoms with E-state index < -0.39 is 0 Å². The predicted octanol–water partition coefficient (Wildman–Crippen LogP) is 3.27. The van der Waals surface area contributed by atoms with Gasteiger partial charge in [-0.25, -0.2) is 19.9 Å². The van der Waals surface area contributed by atoms with Gasteiger partial charge in [-0.2, -0.15) is 10.5 Å². The molecular weight excluding hydrogens is 312 g/mol. The summed E-state index contributed by atoms with van der Waals surface area (Å²) in [7, 11) is 0. The maximum atomic E-state index is 9.16. The highest BCUT2D eigenvalue weighted by atomic mass is 15.0. The summed E-state index contributed by atoms with van der Waals surface area (Å²) in [6.07, 6.45) is 0. The summed E-state index contributed by atoms with van der Waals surface area (Å²) >= 11 is 0. The second-order valence-corrected chi connectivity index (χ2v) is 5.87. The molecule has 0 amide bonds. The fraction of sp³-hybridized carbons (Fsp3) is 0.0526. The highest BCUT2D eigenvalue weighted by molar-refractivity contribution is 6.14. The lowest BCUT2D eigenvalue weighted by Gasteiger charge is -2.05. The Labute approximate surface area is 142 Å². The molecule has 2 heterocycles. The average molecular weight is 320 g/mol. The van der Waals surface area contributed by atoms with Crippen LogP contribution in [0, 0.1) is 29.6 Å². The third-order valence-corrected chi connectivity index (χ3v) is 4.48. The fourth-order valence-corrected chi connectivity index (χ4v) is 3.39. The maximum absolute atomic E-state index is 9.16. The van der Waals surface area contributed by atoms with Crippen LogP contribution in [0.5, 0.6) is 0 Å². The van der Waals surface area contributed by atoms with Gasteiger partial charge in [-0.3, -0.25) is 0 Å². The smallest absolute Gasteiger partial charge is 0.199 e. The van der Waals surface area contributed by atoms with Crippen molar-refractivity contribution in [3.05, 3.63) is 47.3 Å². The Balaban J connectivity index is 1.95. The highest BCUT2D eigenvalue weighted by Gasteiger charge is 2.27. The van der Waals surface area contributed by atoms with Crippen LogP contribution in [0.25, 0.3) is 44.6 Å². The largest absolute Gasteiger partial charge is 0.223 e. The first kappa shape index (κ1) is 13.5. The number of aromatic nitrogens is 4. The fourth-order valence-electron chi connectivity index (χ4n) is 3.39. The van der Waals surface area contributed by atoms with E-state index in [1.807, 2.05) is 31.2 Å². The van der Waals surface area contributed by atoms with E-state index in [-0.39, 0.29) is 22.7 Å². The summed E-state index contributed by atoms with van der Waals surface area (Å²) < 4.78 is 0.